The standard InChI is InChI=1S/C26H24N6O2/c1-3-34-21-13-11-19(12-14-21)24-30-26-28-17(2)22(25(33)29-20-10-7-15-27-16-20)23(32(26)31-24)18-8-5-4-6-9-18/h4-16,23H,3H2,1-2H3,(H,29,33)(H,28,30,31). The molecule has 2 N–H and O–H groups in total. The SMILES string of the molecule is CCOc1ccc(-c2nc3n(n2)C(c2ccccc2)C(C(=O)Nc2cccnc2)=C(C)N3)cc1. The third-order valence-corrected chi connectivity index (χ3v) is 5.56. The number of rotatable bonds is 6. The number of carbonyl (C=O) groups is 1. The van der Waals surface area contributed by atoms with Crippen molar-refractivity contribution in [1.82, 2.24) is 19.7 Å². The molecule has 0 spiro atoms. The van der Waals surface area contributed by atoms with Crippen LogP contribution in [0.15, 0.2) is 90.4 Å². The van der Waals surface area contributed by atoms with Gasteiger partial charge in [0.05, 0.1) is 24.1 Å². The summed E-state index contributed by atoms with van der Waals surface area (Å²) in [5, 5.41) is 11.0. The zero-order valence-electron chi connectivity index (χ0n) is 18.9. The van der Waals surface area contributed by atoms with E-state index < -0.39 is 6.04 Å². The summed E-state index contributed by atoms with van der Waals surface area (Å²) in [5.74, 6) is 1.71. The summed E-state index contributed by atoms with van der Waals surface area (Å²) in [5.41, 5.74) is 3.69. The van der Waals surface area contributed by atoms with E-state index in [2.05, 4.69) is 15.6 Å². The Kier molecular flexibility index (Phi) is 5.78. The second kappa shape index (κ2) is 9.19. The highest BCUT2D eigenvalue weighted by molar-refractivity contribution is 6.05. The lowest BCUT2D eigenvalue weighted by Crippen LogP contribution is -2.31. The summed E-state index contributed by atoms with van der Waals surface area (Å²) in [6.45, 7) is 4.43. The monoisotopic (exact) mass is 452 g/mol. The molecule has 0 bridgehead atoms. The topological polar surface area (TPSA) is 94.0 Å². The van der Waals surface area contributed by atoms with Crippen LogP contribution in [0.2, 0.25) is 0 Å². The van der Waals surface area contributed by atoms with Crippen molar-refractivity contribution in [1.29, 1.82) is 0 Å². The fraction of sp³-hybridized carbons (Fsp3) is 0.154. The highest BCUT2D eigenvalue weighted by Crippen LogP contribution is 2.36. The van der Waals surface area contributed by atoms with Crippen molar-refractivity contribution >= 4 is 17.5 Å². The van der Waals surface area contributed by atoms with E-state index in [0.717, 1.165) is 16.9 Å². The van der Waals surface area contributed by atoms with Crippen LogP contribution in [0.4, 0.5) is 11.6 Å². The van der Waals surface area contributed by atoms with E-state index in [9.17, 15) is 4.79 Å². The molecule has 0 saturated carbocycles. The van der Waals surface area contributed by atoms with Gasteiger partial charge in [0.1, 0.15) is 11.8 Å². The Bertz CT molecular complexity index is 1330. The van der Waals surface area contributed by atoms with Crippen molar-refractivity contribution in [2.24, 2.45) is 0 Å². The Hall–Kier alpha value is -4.46. The smallest absolute Gasteiger partial charge is 0.255 e. The molecule has 1 amide bonds. The second-order valence-corrected chi connectivity index (χ2v) is 7.83. The zero-order valence-corrected chi connectivity index (χ0v) is 18.9. The minimum atomic E-state index is -0.446. The van der Waals surface area contributed by atoms with Crippen LogP contribution in [0.5, 0.6) is 5.75 Å². The fourth-order valence-electron chi connectivity index (χ4n) is 4.01. The van der Waals surface area contributed by atoms with E-state index in [-0.39, 0.29) is 5.91 Å². The molecule has 1 atom stereocenters. The summed E-state index contributed by atoms with van der Waals surface area (Å²) >= 11 is 0. The highest BCUT2D eigenvalue weighted by Gasteiger charge is 2.34. The minimum absolute atomic E-state index is 0.226. The van der Waals surface area contributed by atoms with Crippen molar-refractivity contribution in [3.63, 3.8) is 0 Å². The Labute approximate surface area is 197 Å². The summed E-state index contributed by atoms with van der Waals surface area (Å²) in [4.78, 5) is 22.2. The molecule has 4 aromatic rings. The third-order valence-electron chi connectivity index (χ3n) is 5.56. The number of fused-ring (bicyclic) bond motifs is 1. The Morgan fingerprint density at radius 2 is 1.88 bits per heavy atom. The number of hydrogen-bond donors (Lipinski definition) is 2. The molecule has 8 nitrogen and oxygen atoms in total. The first-order valence-corrected chi connectivity index (χ1v) is 11.1. The summed E-state index contributed by atoms with van der Waals surface area (Å²) in [6.07, 6.45) is 3.28. The predicted molar refractivity (Wildman–Crippen MR) is 130 cm³/mol. The molecule has 2 aromatic heterocycles. The number of amides is 1. The number of carbonyl (C=O) groups excluding carboxylic acids is 1. The molecule has 3 heterocycles. The highest BCUT2D eigenvalue weighted by atomic mass is 16.5. The summed E-state index contributed by atoms with van der Waals surface area (Å²) in [6, 6.07) is 20.6. The molecule has 0 saturated heterocycles. The molecule has 34 heavy (non-hydrogen) atoms. The van der Waals surface area contributed by atoms with E-state index in [0.29, 0.717) is 35.3 Å². The lowest BCUT2D eigenvalue weighted by Gasteiger charge is -2.28. The van der Waals surface area contributed by atoms with Crippen LogP contribution in [0, 0.1) is 0 Å². The van der Waals surface area contributed by atoms with Gasteiger partial charge in [0.15, 0.2) is 5.82 Å². The number of anilines is 2. The number of hydrogen-bond acceptors (Lipinski definition) is 6. The van der Waals surface area contributed by atoms with Crippen molar-refractivity contribution < 1.29 is 9.53 Å². The van der Waals surface area contributed by atoms with Crippen LogP contribution >= 0.6 is 0 Å². The Morgan fingerprint density at radius 3 is 2.59 bits per heavy atom. The maximum Gasteiger partial charge on any atom is 0.255 e. The summed E-state index contributed by atoms with van der Waals surface area (Å²) < 4.78 is 7.31. The number of benzene rings is 2. The molecule has 0 fully saturated rings. The first-order chi connectivity index (χ1) is 16.6. The number of aromatic nitrogens is 4. The van der Waals surface area contributed by atoms with Gasteiger partial charge < -0.3 is 15.4 Å². The molecule has 8 heteroatoms. The maximum atomic E-state index is 13.4. The van der Waals surface area contributed by atoms with Gasteiger partial charge in [0.25, 0.3) is 5.91 Å². The Balaban J connectivity index is 1.55. The van der Waals surface area contributed by atoms with Gasteiger partial charge in [-0.3, -0.25) is 9.78 Å². The molecule has 1 aliphatic rings. The fourth-order valence-corrected chi connectivity index (χ4v) is 4.01. The number of allylic oxidation sites excluding steroid dienone is 1. The molecule has 0 radical (unpaired) electrons. The van der Waals surface area contributed by atoms with Gasteiger partial charge >= 0.3 is 0 Å². The van der Waals surface area contributed by atoms with E-state index in [1.165, 1.54) is 0 Å². The third kappa shape index (κ3) is 4.13. The molecule has 2 aromatic carbocycles. The maximum absolute atomic E-state index is 13.4. The average Bonchev–Trinajstić information content (AvgIpc) is 3.28. The number of nitrogens with zero attached hydrogens (tertiary/aromatic N) is 4. The second-order valence-electron chi connectivity index (χ2n) is 7.83. The van der Waals surface area contributed by atoms with Gasteiger partial charge in [0.2, 0.25) is 5.95 Å². The van der Waals surface area contributed by atoms with Crippen molar-refractivity contribution in [2.45, 2.75) is 19.9 Å². The largest absolute Gasteiger partial charge is 0.494 e. The van der Waals surface area contributed by atoms with Gasteiger partial charge in [-0.15, -0.1) is 5.10 Å². The van der Waals surface area contributed by atoms with Crippen molar-refractivity contribution in [2.75, 3.05) is 17.2 Å². The van der Waals surface area contributed by atoms with Gasteiger partial charge in [-0.2, -0.15) is 4.98 Å². The molecule has 170 valence electrons. The normalized spacial score (nSPS) is 14.8. The van der Waals surface area contributed by atoms with Gasteiger partial charge in [-0.25, -0.2) is 4.68 Å². The van der Waals surface area contributed by atoms with Crippen LogP contribution < -0.4 is 15.4 Å². The quantitative estimate of drug-likeness (QED) is 0.442. The predicted octanol–water partition coefficient (Wildman–Crippen LogP) is 4.67. The first kappa shape index (κ1) is 21.4. The molecule has 5 rings (SSSR count). The number of pyridine rings is 1. The number of ether oxygens (including phenoxy) is 1. The molecular weight excluding hydrogens is 428 g/mol. The lowest BCUT2D eigenvalue weighted by atomic mass is 9.95. The summed E-state index contributed by atoms with van der Waals surface area (Å²) in [7, 11) is 0. The van der Waals surface area contributed by atoms with Gasteiger partial charge in [0, 0.05) is 17.5 Å². The molecular formula is C26H24N6O2. The van der Waals surface area contributed by atoms with Crippen LogP contribution in [-0.2, 0) is 4.79 Å². The van der Waals surface area contributed by atoms with Crippen LogP contribution in [-0.4, -0.2) is 32.3 Å². The van der Waals surface area contributed by atoms with Crippen LogP contribution in [0.25, 0.3) is 11.4 Å². The van der Waals surface area contributed by atoms with Gasteiger partial charge in [-0.05, 0) is 55.8 Å². The Morgan fingerprint density at radius 1 is 1.09 bits per heavy atom. The van der Waals surface area contributed by atoms with E-state index in [4.69, 9.17) is 14.8 Å². The minimum Gasteiger partial charge on any atom is -0.494 e. The van der Waals surface area contributed by atoms with E-state index >= 15 is 0 Å². The van der Waals surface area contributed by atoms with Crippen molar-refractivity contribution in [3.8, 4) is 17.1 Å². The zero-order chi connectivity index (χ0) is 23.5. The molecule has 1 unspecified atom stereocenters. The van der Waals surface area contributed by atoms with Crippen LogP contribution in [0.3, 0.4) is 0 Å². The average molecular weight is 453 g/mol. The first-order valence-electron chi connectivity index (χ1n) is 11.1. The van der Waals surface area contributed by atoms with Crippen molar-refractivity contribution in [3.05, 3.63) is 96.0 Å². The molecule has 1 aliphatic heterocycles. The van der Waals surface area contributed by atoms with Gasteiger partial charge in [-0.1, -0.05) is 30.3 Å². The van der Waals surface area contributed by atoms with E-state index in [1.54, 1.807) is 29.2 Å². The van der Waals surface area contributed by atoms with E-state index in [1.807, 2.05) is 68.4 Å². The number of nitrogens with one attached hydrogen (secondary N) is 2. The molecule has 0 aliphatic carbocycles. The van der Waals surface area contributed by atoms with Crippen LogP contribution in [0.1, 0.15) is 25.5 Å². The lowest BCUT2D eigenvalue weighted by molar-refractivity contribution is -0.113.